The van der Waals surface area contributed by atoms with Crippen LogP contribution in [0.4, 0.5) is 0 Å². The van der Waals surface area contributed by atoms with Crippen LogP contribution in [0.5, 0.6) is 0 Å². The lowest BCUT2D eigenvalue weighted by Crippen LogP contribution is -2.31. The Balaban J connectivity index is 1.84. The summed E-state index contributed by atoms with van der Waals surface area (Å²) in [7, 11) is 0. The average Bonchev–Trinajstić information content (AvgIpc) is 2.99. The molecule has 0 saturated heterocycles. The average molecular weight is 352 g/mol. The standard InChI is InChI=1S/C15H14BrNO4/c1-10(13-7-4-8-20-13)17-14(18)9-21-15(19)11-5-2-3-6-12(11)16/h2-8,10H,9H2,1H3,(H,17,18)/t10-/m1/s1. The second-order valence-electron chi connectivity index (χ2n) is 4.36. The van der Waals surface area contributed by atoms with E-state index in [0.717, 1.165) is 0 Å². The van der Waals surface area contributed by atoms with Crippen molar-refractivity contribution in [2.75, 3.05) is 6.61 Å². The Kier molecular flexibility index (Phi) is 5.16. The van der Waals surface area contributed by atoms with Gasteiger partial charge in [0, 0.05) is 4.47 Å². The molecule has 21 heavy (non-hydrogen) atoms. The summed E-state index contributed by atoms with van der Waals surface area (Å²) in [5.41, 5.74) is 0.379. The summed E-state index contributed by atoms with van der Waals surface area (Å²) < 4.78 is 10.8. The minimum Gasteiger partial charge on any atom is -0.467 e. The summed E-state index contributed by atoms with van der Waals surface area (Å²) in [6.45, 7) is 1.44. The Bertz CT molecular complexity index is 624. The fourth-order valence-corrected chi connectivity index (χ4v) is 2.17. The molecule has 2 rings (SSSR count). The quantitative estimate of drug-likeness (QED) is 0.840. The summed E-state index contributed by atoms with van der Waals surface area (Å²) in [6.07, 6.45) is 1.53. The van der Waals surface area contributed by atoms with Gasteiger partial charge in [0.05, 0.1) is 17.9 Å². The Hall–Kier alpha value is -2.08. The molecule has 1 aromatic carbocycles. The fraction of sp³-hybridized carbons (Fsp3) is 0.200. The number of nitrogens with one attached hydrogen (secondary N) is 1. The molecule has 0 fully saturated rings. The van der Waals surface area contributed by atoms with E-state index in [-0.39, 0.29) is 18.6 Å². The summed E-state index contributed by atoms with van der Waals surface area (Å²) in [5, 5.41) is 2.68. The third kappa shape index (κ3) is 4.19. The molecule has 1 heterocycles. The largest absolute Gasteiger partial charge is 0.467 e. The molecule has 0 aliphatic rings. The second kappa shape index (κ2) is 7.08. The number of benzene rings is 1. The van der Waals surface area contributed by atoms with Crippen LogP contribution in [0.1, 0.15) is 29.1 Å². The van der Waals surface area contributed by atoms with Gasteiger partial charge in [-0.3, -0.25) is 4.79 Å². The zero-order chi connectivity index (χ0) is 15.2. The van der Waals surface area contributed by atoms with Crippen LogP contribution in [0.2, 0.25) is 0 Å². The molecule has 0 saturated carbocycles. The molecule has 2 aromatic rings. The fourth-order valence-electron chi connectivity index (χ4n) is 1.73. The predicted octanol–water partition coefficient (Wildman–Crippen LogP) is 3.08. The molecule has 0 aliphatic carbocycles. The highest BCUT2D eigenvalue weighted by Gasteiger charge is 2.15. The summed E-state index contributed by atoms with van der Waals surface area (Å²) >= 11 is 3.26. The van der Waals surface area contributed by atoms with Crippen molar-refractivity contribution in [3.8, 4) is 0 Å². The first-order valence-electron chi connectivity index (χ1n) is 6.32. The maximum Gasteiger partial charge on any atom is 0.339 e. The monoisotopic (exact) mass is 351 g/mol. The molecule has 1 aromatic heterocycles. The van der Waals surface area contributed by atoms with Crippen LogP contribution < -0.4 is 5.32 Å². The van der Waals surface area contributed by atoms with Gasteiger partial charge in [-0.2, -0.15) is 0 Å². The zero-order valence-electron chi connectivity index (χ0n) is 11.3. The van der Waals surface area contributed by atoms with Gasteiger partial charge < -0.3 is 14.5 Å². The Labute approximate surface area is 130 Å². The van der Waals surface area contributed by atoms with Crippen molar-refractivity contribution in [2.45, 2.75) is 13.0 Å². The van der Waals surface area contributed by atoms with E-state index in [2.05, 4.69) is 21.2 Å². The molecule has 5 nitrogen and oxygen atoms in total. The molecule has 1 N–H and O–H groups in total. The third-order valence-corrected chi connectivity index (χ3v) is 3.47. The number of carbonyl (C=O) groups excluding carboxylic acids is 2. The molecular weight excluding hydrogens is 338 g/mol. The molecule has 6 heteroatoms. The maximum atomic E-state index is 11.8. The minimum absolute atomic E-state index is 0.283. The third-order valence-electron chi connectivity index (χ3n) is 2.78. The van der Waals surface area contributed by atoms with Crippen molar-refractivity contribution in [1.29, 1.82) is 0 Å². The molecule has 1 amide bonds. The van der Waals surface area contributed by atoms with Gasteiger partial charge in [0.15, 0.2) is 6.61 Å². The van der Waals surface area contributed by atoms with Crippen LogP contribution in [0, 0.1) is 0 Å². The van der Waals surface area contributed by atoms with E-state index < -0.39 is 5.97 Å². The second-order valence-corrected chi connectivity index (χ2v) is 5.21. The van der Waals surface area contributed by atoms with Gasteiger partial charge in [0.2, 0.25) is 0 Å². The number of carbonyl (C=O) groups is 2. The predicted molar refractivity (Wildman–Crippen MR) is 79.7 cm³/mol. The van der Waals surface area contributed by atoms with Crippen molar-refractivity contribution >= 4 is 27.8 Å². The lowest BCUT2D eigenvalue weighted by atomic mass is 10.2. The number of amides is 1. The first kappa shape index (κ1) is 15.3. The number of hydrogen-bond acceptors (Lipinski definition) is 4. The summed E-state index contributed by atoms with van der Waals surface area (Å²) in [5.74, 6) is -0.303. The number of esters is 1. The van der Waals surface area contributed by atoms with Gasteiger partial charge in [-0.15, -0.1) is 0 Å². The first-order valence-corrected chi connectivity index (χ1v) is 7.11. The van der Waals surface area contributed by atoms with Gasteiger partial charge in [0.25, 0.3) is 5.91 Å². The van der Waals surface area contributed by atoms with E-state index >= 15 is 0 Å². The van der Waals surface area contributed by atoms with Gasteiger partial charge in [0.1, 0.15) is 5.76 Å². The summed E-state index contributed by atoms with van der Waals surface area (Å²) in [6, 6.07) is 10.1. The topological polar surface area (TPSA) is 68.5 Å². The van der Waals surface area contributed by atoms with Crippen LogP contribution in [-0.4, -0.2) is 18.5 Å². The van der Waals surface area contributed by atoms with Crippen molar-refractivity contribution in [1.82, 2.24) is 5.32 Å². The number of halogens is 1. The van der Waals surface area contributed by atoms with E-state index in [4.69, 9.17) is 9.15 Å². The highest BCUT2D eigenvalue weighted by atomic mass is 79.9. The maximum absolute atomic E-state index is 11.8. The molecular formula is C15H14BrNO4. The number of ether oxygens (including phenoxy) is 1. The van der Waals surface area contributed by atoms with Gasteiger partial charge in [-0.25, -0.2) is 4.79 Å². The van der Waals surface area contributed by atoms with Crippen LogP contribution in [-0.2, 0) is 9.53 Å². The molecule has 0 radical (unpaired) electrons. The molecule has 110 valence electrons. The van der Waals surface area contributed by atoms with Crippen molar-refractivity contribution in [2.24, 2.45) is 0 Å². The Morgan fingerprint density at radius 3 is 2.71 bits per heavy atom. The van der Waals surface area contributed by atoms with E-state index in [1.54, 1.807) is 43.3 Å². The smallest absolute Gasteiger partial charge is 0.339 e. The molecule has 0 bridgehead atoms. The van der Waals surface area contributed by atoms with E-state index in [1.807, 2.05) is 0 Å². The van der Waals surface area contributed by atoms with Gasteiger partial charge in [-0.1, -0.05) is 12.1 Å². The summed E-state index contributed by atoms with van der Waals surface area (Å²) in [4.78, 5) is 23.6. The first-order chi connectivity index (χ1) is 10.1. The lowest BCUT2D eigenvalue weighted by Gasteiger charge is -2.11. The van der Waals surface area contributed by atoms with Crippen LogP contribution in [0.25, 0.3) is 0 Å². The van der Waals surface area contributed by atoms with Crippen LogP contribution in [0.3, 0.4) is 0 Å². The molecule has 0 unspecified atom stereocenters. The molecule has 1 atom stereocenters. The highest BCUT2D eigenvalue weighted by molar-refractivity contribution is 9.10. The molecule has 0 spiro atoms. The van der Waals surface area contributed by atoms with Gasteiger partial charge >= 0.3 is 5.97 Å². The Morgan fingerprint density at radius 1 is 1.29 bits per heavy atom. The van der Waals surface area contributed by atoms with Crippen molar-refractivity contribution < 1.29 is 18.7 Å². The van der Waals surface area contributed by atoms with Crippen LogP contribution in [0.15, 0.2) is 51.6 Å². The van der Waals surface area contributed by atoms with Gasteiger partial charge in [-0.05, 0) is 47.1 Å². The molecule has 0 aliphatic heterocycles. The minimum atomic E-state index is -0.553. The van der Waals surface area contributed by atoms with E-state index in [9.17, 15) is 9.59 Å². The SMILES string of the molecule is C[C@@H](NC(=O)COC(=O)c1ccccc1Br)c1ccco1. The van der Waals surface area contributed by atoms with Crippen LogP contribution >= 0.6 is 15.9 Å². The van der Waals surface area contributed by atoms with E-state index in [1.165, 1.54) is 6.26 Å². The highest BCUT2D eigenvalue weighted by Crippen LogP contribution is 2.16. The lowest BCUT2D eigenvalue weighted by molar-refractivity contribution is -0.125. The van der Waals surface area contributed by atoms with Crippen molar-refractivity contribution in [3.63, 3.8) is 0 Å². The zero-order valence-corrected chi connectivity index (χ0v) is 12.9. The normalized spacial score (nSPS) is 11.7. The number of rotatable bonds is 5. The van der Waals surface area contributed by atoms with E-state index in [0.29, 0.717) is 15.8 Å². The number of hydrogen-bond donors (Lipinski definition) is 1. The van der Waals surface area contributed by atoms with Crippen molar-refractivity contribution in [3.05, 3.63) is 58.5 Å². The number of furan rings is 1. The Morgan fingerprint density at radius 2 is 2.05 bits per heavy atom.